The smallest absolute Gasteiger partial charge is 0.256 e. The molecule has 0 radical (unpaired) electrons. The number of rotatable bonds is 26. The third-order valence-electron chi connectivity index (χ3n) is 8.16. The molecule has 0 heterocycles. The molecule has 0 bridgehead atoms. The summed E-state index contributed by atoms with van der Waals surface area (Å²) in [5.74, 6) is 0.749. The number of anilines is 1. The molecule has 0 unspecified atom stereocenters. The molecule has 0 aliphatic rings. The Bertz CT molecular complexity index is 1150. The molecule has 1 amide bonds. The average molecular weight is 619 g/mol. The van der Waals surface area contributed by atoms with Crippen LogP contribution in [0.2, 0.25) is 0 Å². The normalized spacial score (nSPS) is 10.8. The van der Waals surface area contributed by atoms with Crippen molar-refractivity contribution in [2.24, 2.45) is 0 Å². The molecule has 2 aromatic rings. The average Bonchev–Trinajstić information content (AvgIpc) is 3.22. The van der Waals surface area contributed by atoms with Gasteiger partial charge in [0.1, 0.15) is 11.5 Å². The number of ether oxygens (including phenoxy) is 2. The summed E-state index contributed by atoms with van der Waals surface area (Å²) in [5.41, 5.74) is 0.458. The van der Waals surface area contributed by atoms with Crippen molar-refractivity contribution in [1.29, 1.82) is 5.26 Å². The Morgan fingerprint density at radius 2 is 1.04 bits per heavy atom. The monoisotopic (exact) mass is 618 g/mol. The lowest BCUT2D eigenvalue weighted by Gasteiger charge is -2.13. The lowest BCUT2D eigenvalue weighted by Crippen LogP contribution is -2.17. The molecule has 6 heteroatoms. The van der Waals surface area contributed by atoms with Gasteiger partial charge in [0.05, 0.1) is 30.5 Å². The predicted molar refractivity (Wildman–Crippen MR) is 187 cm³/mol. The van der Waals surface area contributed by atoms with Gasteiger partial charge < -0.3 is 14.8 Å². The maximum Gasteiger partial charge on any atom is 0.256 e. The van der Waals surface area contributed by atoms with Crippen molar-refractivity contribution in [3.63, 3.8) is 0 Å². The summed E-state index contributed by atoms with van der Waals surface area (Å²) in [6.45, 7) is 5.66. The van der Waals surface area contributed by atoms with Gasteiger partial charge in [-0.25, -0.2) is 0 Å². The molecule has 0 aliphatic carbocycles. The van der Waals surface area contributed by atoms with Crippen LogP contribution in [0.4, 0.5) is 5.69 Å². The summed E-state index contributed by atoms with van der Waals surface area (Å²) in [7, 11) is 0. The Morgan fingerprint density at radius 1 is 0.622 bits per heavy atom. The number of nitriles is 1. The minimum Gasteiger partial charge on any atom is -0.493 e. The molecule has 0 spiro atoms. The summed E-state index contributed by atoms with van der Waals surface area (Å²) >= 11 is 0. The number of carbonyl (C=O) groups excluding carboxylic acids is 1. The van der Waals surface area contributed by atoms with Crippen molar-refractivity contribution < 1.29 is 14.3 Å². The van der Waals surface area contributed by atoms with Gasteiger partial charge in [0.25, 0.3) is 5.91 Å². The minimum atomic E-state index is -0.426. The molecule has 0 aliphatic heterocycles. The summed E-state index contributed by atoms with van der Waals surface area (Å²) in [6, 6.07) is 13.0. The van der Waals surface area contributed by atoms with E-state index >= 15 is 0 Å². The van der Waals surface area contributed by atoms with Crippen LogP contribution in [0.5, 0.6) is 11.5 Å². The van der Waals surface area contributed by atoms with E-state index in [2.05, 4.69) is 19.2 Å². The van der Waals surface area contributed by atoms with Gasteiger partial charge in [-0.1, -0.05) is 129 Å². The lowest BCUT2D eigenvalue weighted by molar-refractivity contribution is 0.102. The Labute approximate surface area is 272 Å². The number of hydrogen-bond acceptors (Lipinski definition) is 5. The van der Waals surface area contributed by atoms with Crippen LogP contribution in [0.3, 0.4) is 0 Å². The molecule has 0 atom stereocenters. The highest BCUT2D eigenvalue weighted by molar-refractivity contribution is 6.04. The maximum atomic E-state index is 13.2. The Morgan fingerprint density at radius 3 is 1.49 bits per heavy atom. The second-order valence-corrected chi connectivity index (χ2v) is 12.2. The zero-order valence-corrected chi connectivity index (χ0v) is 28.2. The molecule has 0 fully saturated rings. The van der Waals surface area contributed by atoms with Crippen molar-refractivity contribution in [2.45, 2.75) is 142 Å². The SMILES string of the molecule is CCCCCCCCCCCCOc1cc(OCCCCCCCCCCCC)cc(C(=O)Nc2ccc(C#N)ccc2=O)c1. The van der Waals surface area contributed by atoms with Crippen molar-refractivity contribution >= 4 is 11.6 Å². The van der Waals surface area contributed by atoms with E-state index in [1.807, 2.05) is 12.1 Å². The number of unbranched alkanes of at least 4 members (excludes halogenated alkanes) is 18. The van der Waals surface area contributed by atoms with Crippen LogP contribution in [0.25, 0.3) is 0 Å². The molecule has 0 aromatic heterocycles. The van der Waals surface area contributed by atoms with Crippen LogP contribution in [-0.4, -0.2) is 19.1 Å². The second-order valence-electron chi connectivity index (χ2n) is 12.2. The van der Waals surface area contributed by atoms with Crippen LogP contribution < -0.4 is 20.2 Å². The van der Waals surface area contributed by atoms with E-state index in [0.717, 1.165) is 25.7 Å². The molecule has 45 heavy (non-hydrogen) atoms. The fraction of sp³-hybridized carbons (Fsp3) is 0.615. The summed E-state index contributed by atoms with van der Waals surface area (Å²) in [5, 5.41) is 11.8. The molecule has 1 N–H and O–H groups in total. The van der Waals surface area contributed by atoms with Crippen molar-refractivity contribution in [2.75, 3.05) is 18.5 Å². The predicted octanol–water partition coefficient (Wildman–Crippen LogP) is 10.8. The second kappa shape index (κ2) is 24.9. The van der Waals surface area contributed by atoms with E-state index in [9.17, 15) is 9.59 Å². The van der Waals surface area contributed by atoms with Gasteiger partial charge in [0, 0.05) is 11.6 Å². The van der Waals surface area contributed by atoms with E-state index in [0.29, 0.717) is 35.8 Å². The van der Waals surface area contributed by atoms with E-state index in [1.165, 1.54) is 127 Å². The standard InChI is InChI=1S/C39H58N2O4/c1-3-5-7-9-11-13-15-17-19-21-27-44-35-29-34(39(43)41-37-25-23-33(32-40)24-26-38(37)42)30-36(31-35)45-28-22-20-18-16-14-12-10-8-6-4-2/h23-26,29-31H,3-22,27-28H2,1-2H3,(H,41,42,43). The van der Waals surface area contributed by atoms with Gasteiger partial charge in [-0.15, -0.1) is 0 Å². The topological polar surface area (TPSA) is 88.4 Å². The molecule has 6 nitrogen and oxygen atoms in total. The summed E-state index contributed by atoms with van der Waals surface area (Å²) < 4.78 is 12.2. The Hall–Kier alpha value is -3.33. The van der Waals surface area contributed by atoms with E-state index in [4.69, 9.17) is 14.7 Å². The number of hydrogen-bond donors (Lipinski definition) is 1. The first-order chi connectivity index (χ1) is 22.1. The summed E-state index contributed by atoms with van der Waals surface area (Å²) in [4.78, 5) is 25.7. The van der Waals surface area contributed by atoms with Crippen LogP contribution in [0, 0.1) is 11.3 Å². The lowest BCUT2D eigenvalue weighted by atomic mass is 10.1. The van der Waals surface area contributed by atoms with Crippen LogP contribution >= 0.6 is 0 Å². The van der Waals surface area contributed by atoms with Gasteiger partial charge in [-0.2, -0.15) is 5.26 Å². The third-order valence-corrected chi connectivity index (χ3v) is 8.16. The fourth-order valence-corrected chi connectivity index (χ4v) is 5.37. The molecular weight excluding hydrogens is 560 g/mol. The van der Waals surface area contributed by atoms with E-state index < -0.39 is 5.91 Å². The first-order valence-electron chi connectivity index (χ1n) is 17.8. The van der Waals surface area contributed by atoms with Gasteiger partial charge in [-0.05, 0) is 49.2 Å². The number of nitrogens with zero attached hydrogens (tertiary/aromatic N) is 1. The van der Waals surface area contributed by atoms with Crippen molar-refractivity contribution in [1.82, 2.24) is 0 Å². The maximum absolute atomic E-state index is 13.2. The highest BCUT2D eigenvalue weighted by Crippen LogP contribution is 2.25. The number of carbonyl (C=O) groups is 1. The number of nitrogens with one attached hydrogen (secondary N) is 1. The third kappa shape index (κ3) is 17.7. The van der Waals surface area contributed by atoms with Crippen molar-refractivity contribution in [3.05, 3.63) is 63.8 Å². The highest BCUT2D eigenvalue weighted by Gasteiger charge is 2.13. The molecular formula is C39H58N2O4. The van der Waals surface area contributed by atoms with Crippen molar-refractivity contribution in [3.8, 4) is 17.6 Å². The minimum absolute atomic E-state index is 0.117. The first-order valence-corrected chi connectivity index (χ1v) is 17.8. The van der Waals surface area contributed by atoms with E-state index in [-0.39, 0.29) is 11.1 Å². The summed E-state index contributed by atoms with van der Waals surface area (Å²) in [6.07, 6.45) is 25.1. The zero-order chi connectivity index (χ0) is 32.4. The number of amides is 1. The quantitative estimate of drug-likeness (QED) is 0.106. The van der Waals surface area contributed by atoms with Gasteiger partial charge in [0.2, 0.25) is 5.43 Å². The fourth-order valence-electron chi connectivity index (χ4n) is 5.37. The van der Waals surface area contributed by atoms with Crippen LogP contribution in [0.15, 0.2) is 47.3 Å². The van der Waals surface area contributed by atoms with Gasteiger partial charge >= 0.3 is 0 Å². The van der Waals surface area contributed by atoms with Crippen LogP contribution in [0.1, 0.15) is 158 Å². The van der Waals surface area contributed by atoms with Gasteiger partial charge in [0.15, 0.2) is 0 Å². The molecule has 0 saturated heterocycles. The highest BCUT2D eigenvalue weighted by atomic mass is 16.5. The van der Waals surface area contributed by atoms with E-state index in [1.54, 1.807) is 12.1 Å². The largest absolute Gasteiger partial charge is 0.493 e. The Kier molecular flexibility index (Phi) is 21.0. The zero-order valence-electron chi connectivity index (χ0n) is 28.2. The molecule has 2 rings (SSSR count). The molecule has 2 aromatic carbocycles. The molecule has 248 valence electrons. The molecule has 0 saturated carbocycles. The van der Waals surface area contributed by atoms with Crippen LogP contribution in [-0.2, 0) is 0 Å². The Balaban J connectivity index is 1.89. The first kappa shape index (κ1) is 37.9. The van der Waals surface area contributed by atoms with Gasteiger partial charge in [-0.3, -0.25) is 9.59 Å². The number of benzene rings is 1.